The lowest BCUT2D eigenvalue weighted by molar-refractivity contribution is 0.0699. The minimum atomic E-state index is -1.09. The fourth-order valence-electron chi connectivity index (χ4n) is 2.50. The minimum absolute atomic E-state index is 0.0836. The van der Waals surface area contributed by atoms with Crippen LogP contribution in [0.5, 0.6) is 11.5 Å². The zero-order valence-corrected chi connectivity index (χ0v) is 13.0. The monoisotopic (exact) mass is 327 g/mol. The molecule has 122 valence electrons. The van der Waals surface area contributed by atoms with Crippen molar-refractivity contribution in [3.63, 3.8) is 0 Å². The van der Waals surface area contributed by atoms with Gasteiger partial charge in [-0.1, -0.05) is 0 Å². The van der Waals surface area contributed by atoms with Crippen LogP contribution in [0.4, 0.5) is 4.39 Å². The number of halogens is 1. The molecule has 6 heteroatoms. The number of aromatic carboxylic acids is 1. The van der Waals surface area contributed by atoms with E-state index in [1.165, 1.54) is 32.4 Å². The van der Waals surface area contributed by atoms with E-state index in [9.17, 15) is 14.3 Å². The van der Waals surface area contributed by atoms with Gasteiger partial charge in [0.2, 0.25) is 0 Å². The average Bonchev–Trinajstić information content (AvgIpc) is 2.59. The third kappa shape index (κ3) is 2.74. The van der Waals surface area contributed by atoms with Crippen LogP contribution in [0.3, 0.4) is 0 Å². The van der Waals surface area contributed by atoms with Crippen LogP contribution in [-0.4, -0.2) is 30.3 Å². The molecule has 0 amide bonds. The van der Waals surface area contributed by atoms with Gasteiger partial charge in [0, 0.05) is 17.0 Å². The van der Waals surface area contributed by atoms with E-state index in [0.29, 0.717) is 33.7 Å². The molecule has 0 saturated heterocycles. The SMILES string of the molecule is COc1cc2nc(-c3ccc(F)cc3)cc(C(=O)O)c2cc1OC. The molecular formula is C18H14FNO4. The normalized spacial score (nSPS) is 10.6. The van der Waals surface area contributed by atoms with E-state index in [1.54, 1.807) is 24.3 Å². The van der Waals surface area contributed by atoms with E-state index in [1.807, 2.05) is 0 Å². The molecule has 0 fully saturated rings. The maximum Gasteiger partial charge on any atom is 0.336 e. The number of aromatic nitrogens is 1. The quantitative estimate of drug-likeness (QED) is 0.790. The lowest BCUT2D eigenvalue weighted by atomic mass is 10.0. The fraction of sp³-hybridized carbons (Fsp3) is 0.111. The van der Waals surface area contributed by atoms with Gasteiger partial charge in [-0.05, 0) is 36.4 Å². The van der Waals surface area contributed by atoms with Crippen molar-refractivity contribution in [2.45, 2.75) is 0 Å². The molecule has 0 spiro atoms. The van der Waals surface area contributed by atoms with Crippen LogP contribution in [0.15, 0.2) is 42.5 Å². The third-order valence-corrected chi connectivity index (χ3v) is 3.68. The summed E-state index contributed by atoms with van der Waals surface area (Å²) in [6.07, 6.45) is 0. The summed E-state index contributed by atoms with van der Waals surface area (Å²) >= 11 is 0. The maximum atomic E-state index is 13.1. The Morgan fingerprint density at radius 3 is 2.25 bits per heavy atom. The molecule has 0 aliphatic heterocycles. The first-order valence-electron chi connectivity index (χ1n) is 7.09. The van der Waals surface area contributed by atoms with Crippen molar-refractivity contribution in [1.29, 1.82) is 0 Å². The van der Waals surface area contributed by atoms with Crippen molar-refractivity contribution >= 4 is 16.9 Å². The second-order valence-corrected chi connectivity index (χ2v) is 5.09. The molecule has 3 rings (SSSR count). The minimum Gasteiger partial charge on any atom is -0.493 e. The lowest BCUT2D eigenvalue weighted by Crippen LogP contribution is -2.01. The van der Waals surface area contributed by atoms with Gasteiger partial charge in [0.25, 0.3) is 0 Å². The number of rotatable bonds is 4. The number of nitrogens with zero attached hydrogens (tertiary/aromatic N) is 1. The van der Waals surface area contributed by atoms with Gasteiger partial charge >= 0.3 is 5.97 Å². The summed E-state index contributed by atoms with van der Waals surface area (Å²) in [4.78, 5) is 16.1. The Morgan fingerprint density at radius 2 is 1.67 bits per heavy atom. The average molecular weight is 327 g/mol. The molecular weight excluding hydrogens is 313 g/mol. The first-order valence-corrected chi connectivity index (χ1v) is 7.09. The van der Waals surface area contributed by atoms with Crippen molar-refractivity contribution in [1.82, 2.24) is 4.98 Å². The van der Waals surface area contributed by atoms with Crippen molar-refractivity contribution in [3.8, 4) is 22.8 Å². The van der Waals surface area contributed by atoms with Crippen molar-refractivity contribution in [2.24, 2.45) is 0 Å². The largest absolute Gasteiger partial charge is 0.493 e. The van der Waals surface area contributed by atoms with E-state index in [0.717, 1.165) is 0 Å². The van der Waals surface area contributed by atoms with Gasteiger partial charge < -0.3 is 14.6 Å². The number of fused-ring (bicyclic) bond motifs is 1. The van der Waals surface area contributed by atoms with Gasteiger partial charge in [-0.25, -0.2) is 14.2 Å². The summed E-state index contributed by atoms with van der Waals surface area (Å²) in [6, 6.07) is 10.4. The predicted molar refractivity (Wildman–Crippen MR) is 87.2 cm³/mol. The number of carboxylic acids is 1. The van der Waals surface area contributed by atoms with Crippen LogP contribution in [0.25, 0.3) is 22.2 Å². The third-order valence-electron chi connectivity index (χ3n) is 3.68. The fourth-order valence-corrected chi connectivity index (χ4v) is 2.50. The highest BCUT2D eigenvalue weighted by atomic mass is 19.1. The number of pyridine rings is 1. The smallest absolute Gasteiger partial charge is 0.336 e. The molecule has 0 bridgehead atoms. The van der Waals surface area contributed by atoms with Gasteiger partial charge in [-0.2, -0.15) is 0 Å². The molecule has 1 N–H and O–H groups in total. The predicted octanol–water partition coefficient (Wildman–Crippen LogP) is 3.76. The Morgan fingerprint density at radius 1 is 1.04 bits per heavy atom. The van der Waals surface area contributed by atoms with Gasteiger partial charge in [-0.15, -0.1) is 0 Å². The first kappa shape index (κ1) is 15.7. The number of hydrogen-bond acceptors (Lipinski definition) is 4. The Kier molecular flexibility index (Phi) is 4.04. The summed E-state index contributed by atoms with van der Waals surface area (Å²) in [5.74, 6) is -0.587. The topological polar surface area (TPSA) is 68.7 Å². The van der Waals surface area contributed by atoms with Crippen LogP contribution in [0, 0.1) is 5.82 Å². The lowest BCUT2D eigenvalue weighted by Gasteiger charge is -2.12. The molecule has 1 aromatic heterocycles. The Hall–Kier alpha value is -3.15. The Balaban J connectivity index is 2.30. The summed E-state index contributed by atoms with van der Waals surface area (Å²) in [7, 11) is 2.97. The molecule has 0 unspecified atom stereocenters. The zero-order valence-electron chi connectivity index (χ0n) is 13.0. The molecule has 0 radical (unpaired) electrons. The van der Waals surface area contributed by atoms with Crippen LogP contribution < -0.4 is 9.47 Å². The number of carbonyl (C=O) groups is 1. The summed E-state index contributed by atoms with van der Waals surface area (Å²) < 4.78 is 23.6. The van der Waals surface area contributed by atoms with E-state index in [4.69, 9.17) is 9.47 Å². The molecule has 0 saturated carbocycles. The summed E-state index contributed by atoms with van der Waals surface area (Å²) in [5.41, 5.74) is 1.59. The molecule has 2 aromatic carbocycles. The van der Waals surface area contributed by atoms with E-state index < -0.39 is 5.97 Å². The Bertz CT molecular complexity index is 922. The Labute approximate surface area is 137 Å². The van der Waals surface area contributed by atoms with Gasteiger partial charge in [0.1, 0.15) is 5.82 Å². The van der Waals surface area contributed by atoms with Gasteiger partial charge in [-0.3, -0.25) is 0 Å². The number of ether oxygens (including phenoxy) is 2. The number of carboxylic acid groups (broad SMARTS) is 1. The maximum absolute atomic E-state index is 13.1. The van der Waals surface area contributed by atoms with Gasteiger partial charge in [0.05, 0.1) is 31.0 Å². The number of hydrogen-bond donors (Lipinski definition) is 1. The first-order chi connectivity index (χ1) is 11.5. The van der Waals surface area contributed by atoms with E-state index in [-0.39, 0.29) is 11.4 Å². The molecule has 1 heterocycles. The second-order valence-electron chi connectivity index (χ2n) is 5.09. The van der Waals surface area contributed by atoms with Gasteiger partial charge in [0.15, 0.2) is 11.5 Å². The highest BCUT2D eigenvalue weighted by Crippen LogP contribution is 2.34. The number of methoxy groups -OCH3 is 2. The summed E-state index contributed by atoms with van der Waals surface area (Å²) in [6.45, 7) is 0. The highest BCUT2D eigenvalue weighted by Gasteiger charge is 2.16. The van der Waals surface area contributed by atoms with Crippen molar-refractivity contribution in [3.05, 3.63) is 53.8 Å². The molecule has 24 heavy (non-hydrogen) atoms. The summed E-state index contributed by atoms with van der Waals surface area (Å²) in [5, 5.41) is 9.96. The second kappa shape index (κ2) is 6.16. The molecule has 3 aromatic rings. The van der Waals surface area contributed by atoms with Crippen LogP contribution in [0.2, 0.25) is 0 Å². The van der Waals surface area contributed by atoms with E-state index >= 15 is 0 Å². The van der Waals surface area contributed by atoms with Crippen LogP contribution in [0.1, 0.15) is 10.4 Å². The molecule has 0 atom stereocenters. The van der Waals surface area contributed by atoms with Crippen molar-refractivity contribution in [2.75, 3.05) is 14.2 Å². The highest BCUT2D eigenvalue weighted by molar-refractivity contribution is 6.04. The molecule has 0 aliphatic carbocycles. The molecule has 5 nitrogen and oxygen atoms in total. The standard InChI is InChI=1S/C18H14FNO4/c1-23-16-8-12-13(18(21)22)7-14(10-3-5-11(19)6-4-10)20-15(12)9-17(16)24-2/h3-9H,1-2H3,(H,21,22). The van der Waals surface area contributed by atoms with Crippen molar-refractivity contribution < 1.29 is 23.8 Å². The van der Waals surface area contributed by atoms with E-state index in [2.05, 4.69) is 4.98 Å². The van der Waals surface area contributed by atoms with Crippen LogP contribution >= 0.6 is 0 Å². The number of benzene rings is 2. The molecule has 0 aliphatic rings. The zero-order chi connectivity index (χ0) is 17.3. The van der Waals surface area contributed by atoms with Crippen LogP contribution in [-0.2, 0) is 0 Å².